The molecule has 0 saturated heterocycles. The highest BCUT2D eigenvalue weighted by molar-refractivity contribution is 7.92. The summed E-state index contributed by atoms with van der Waals surface area (Å²) >= 11 is 1.09. The van der Waals surface area contributed by atoms with Crippen molar-refractivity contribution in [1.82, 2.24) is 15.0 Å². The second-order valence-corrected chi connectivity index (χ2v) is 5.84. The van der Waals surface area contributed by atoms with Gasteiger partial charge in [-0.2, -0.15) is 0 Å². The van der Waals surface area contributed by atoms with Gasteiger partial charge in [-0.1, -0.05) is 0 Å². The zero-order chi connectivity index (χ0) is 13.3. The van der Waals surface area contributed by atoms with Gasteiger partial charge in [0.1, 0.15) is 0 Å². The summed E-state index contributed by atoms with van der Waals surface area (Å²) in [5.74, 6) is 0. The number of sulfonamides is 1. The Morgan fingerprint density at radius 1 is 1.39 bits per heavy atom. The van der Waals surface area contributed by atoms with Crippen LogP contribution in [0.1, 0.15) is 5.69 Å². The van der Waals surface area contributed by atoms with E-state index in [1.807, 2.05) is 4.98 Å². The molecule has 0 radical (unpaired) electrons. The topological polar surface area (TPSA) is 125 Å². The second kappa shape index (κ2) is 4.38. The lowest BCUT2D eigenvalue weighted by atomic mass is 10.6. The van der Waals surface area contributed by atoms with Crippen molar-refractivity contribution in [3.63, 3.8) is 0 Å². The van der Waals surface area contributed by atoms with Crippen LogP contribution in [0, 0.1) is 6.92 Å². The van der Waals surface area contributed by atoms with Crippen molar-refractivity contribution in [2.24, 2.45) is 0 Å². The number of thiazole rings is 1. The van der Waals surface area contributed by atoms with Crippen molar-refractivity contribution >= 4 is 26.5 Å². The fourth-order valence-corrected chi connectivity index (χ4v) is 3.12. The zero-order valence-corrected chi connectivity index (χ0v) is 10.7. The largest absolute Gasteiger partial charge is 0.325 e. The summed E-state index contributed by atoms with van der Waals surface area (Å²) in [5.41, 5.74) is -1.10. The van der Waals surface area contributed by atoms with Crippen LogP contribution in [-0.2, 0) is 10.0 Å². The first-order chi connectivity index (χ1) is 8.38. The summed E-state index contributed by atoms with van der Waals surface area (Å²) in [6.07, 6.45) is 0.837. The number of hydrogen-bond acceptors (Lipinski definition) is 6. The molecule has 0 saturated carbocycles. The molecule has 0 aliphatic carbocycles. The number of nitrogens with one attached hydrogen (secondary N) is 3. The quantitative estimate of drug-likeness (QED) is 0.710. The normalized spacial score (nSPS) is 11.4. The Bertz CT molecular complexity index is 786. The zero-order valence-electron chi connectivity index (χ0n) is 9.05. The average molecular weight is 288 g/mol. The van der Waals surface area contributed by atoms with Crippen molar-refractivity contribution in [2.75, 3.05) is 4.72 Å². The summed E-state index contributed by atoms with van der Waals surface area (Å²) < 4.78 is 25.9. The second-order valence-electron chi connectivity index (χ2n) is 3.34. The monoisotopic (exact) mass is 288 g/mol. The predicted octanol–water partition coefficient (Wildman–Crippen LogP) is -0.371. The van der Waals surface area contributed by atoms with Crippen molar-refractivity contribution in [2.45, 2.75) is 11.8 Å². The summed E-state index contributed by atoms with van der Waals surface area (Å²) in [6, 6.07) is 0. The number of H-pyrrole nitrogens is 2. The highest BCUT2D eigenvalue weighted by Crippen LogP contribution is 2.17. The van der Waals surface area contributed by atoms with Crippen molar-refractivity contribution in [3.8, 4) is 0 Å². The molecular formula is C8H8N4O4S2. The summed E-state index contributed by atoms with van der Waals surface area (Å²) in [4.78, 5) is 29.4. The van der Waals surface area contributed by atoms with Gasteiger partial charge >= 0.3 is 5.69 Å². The Labute approximate surface area is 105 Å². The molecule has 0 spiro atoms. The molecule has 2 aromatic rings. The molecule has 10 heteroatoms. The number of anilines is 1. The van der Waals surface area contributed by atoms with Gasteiger partial charge in [0.15, 0.2) is 10.0 Å². The van der Waals surface area contributed by atoms with E-state index in [-0.39, 0.29) is 5.13 Å². The molecule has 18 heavy (non-hydrogen) atoms. The van der Waals surface area contributed by atoms with Gasteiger partial charge in [-0.15, -0.1) is 11.3 Å². The first-order valence-corrected chi connectivity index (χ1v) is 7.02. The van der Waals surface area contributed by atoms with Crippen LogP contribution in [0.2, 0.25) is 0 Å². The minimum atomic E-state index is -4.06. The van der Waals surface area contributed by atoms with Gasteiger partial charge < -0.3 is 4.98 Å². The number of aromatic amines is 2. The summed E-state index contributed by atoms with van der Waals surface area (Å²) in [7, 11) is -4.06. The summed E-state index contributed by atoms with van der Waals surface area (Å²) in [5, 5.41) is 1.81. The van der Waals surface area contributed by atoms with Gasteiger partial charge in [0.05, 0.1) is 5.69 Å². The Hall–Kier alpha value is -1.94. The van der Waals surface area contributed by atoms with Gasteiger partial charge in [-0.25, -0.2) is 18.2 Å². The Kier molecular flexibility index (Phi) is 3.05. The van der Waals surface area contributed by atoms with E-state index in [4.69, 9.17) is 0 Å². The van der Waals surface area contributed by atoms with Crippen LogP contribution >= 0.6 is 11.3 Å². The van der Waals surface area contributed by atoms with E-state index in [0.717, 1.165) is 17.5 Å². The van der Waals surface area contributed by atoms with E-state index in [0.29, 0.717) is 5.69 Å². The van der Waals surface area contributed by atoms with Crippen molar-refractivity contribution in [1.29, 1.82) is 0 Å². The number of nitrogens with zero attached hydrogens (tertiary/aromatic N) is 1. The minimum absolute atomic E-state index is 0.151. The number of rotatable bonds is 3. The van der Waals surface area contributed by atoms with E-state index >= 15 is 0 Å². The molecule has 0 fully saturated rings. The highest BCUT2D eigenvalue weighted by Gasteiger charge is 2.20. The Balaban J connectivity index is 2.43. The lowest BCUT2D eigenvalue weighted by Gasteiger charge is -2.02. The van der Waals surface area contributed by atoms with Gasteiger partial charge in [0.2, 0.25) is 0 Å². The van der Waals surface area contributed by atoms with Gasteiger partial charge in [-0.3, -0.25) is 14.5 Å². The standard InChI is InChI=1S/C8H8N4O4S2/c1-4-3-17-8(10-4)12-18(15,16)5-2-9-7(14)11-6(5)13/h2-3H,1H3,(H,10,12)(H2,9,11,13,14). The van der Waals surface area contributed by atoms with E-state index in [1.165, 1.54) is 0 Å². The molecule has 0 aliphatic rings. The maximum atomic E-state index is 11.9. The fraction of sp³-hybridized carbons (Fsp3) is 0.125. The van der Waals surface area contributed by atoms with Crippen LogP contribution in [0.4, 0.5) is 5.13 Å². The highest BCUT2D eigenvalue weighted by atomic mass is 32.2. The third-order valence-corrected chi connectivity index (χ3v) is 4.26. The molecule has 96 valence electrons. The molecule has 3 N–H and O–H groups in total. The minimum Gasteiger partial charge on any atom is -0.313 e. The molecule has 0 aromatic carbocycles. The fourth-order valence-electron chi connectivity index (χ4n) is 1.17. The SMILES string of the molecule is Cc1csc(NS(=O)(=O)c2c[nH]c(=O)[nH]c2=O)n1. The van der Waals surface area contributed by atoms with E-state index in [2.05, 4.69) is 14.7 Å². The van der Waals surface area contributed by atoms with E-state index in [1.54, 1.807) is 12.3 Å². The smallest absolute Gasteiger partial charge is 0.313 e. The third kappa shape index (κ3) is 2.49. The first-order valence-electron chi connectivity index (χ1n) is 4.65. The lowest BCUT2D eigenvalue weighted by molar-refractivity contribution is 0.599. The Morgan fingerprint density at radius 3 is 2.67 bits per heavy atom. The lowest BCUT2D eigenvalue weighted by Crippen LogP contribution is -2.29. The third-order valence-electron chi connectivity index (χ3n) is 1.92. The van der Waals surface area contributed by atoms with Crippen molar-refractivity contribution in [3.05, 3.63) is 38.1 Å². The van der Waals surface area contributed by atoms with Crippen LogP contribution in [-0.4, -0.2) is 23.4 Å². The van der Waals surface area contributed by atoms with Crippen LogP contribution in [0.15, 0.2) is 26.1 Å². The van der Waals surface area contributed by atoms with Crippen LogP contribution < -0.4 is 16.0 Å². The Morgan fingerprint density at radius 2 is 2.11 bits per heavy atom. The molecule has 0 amide bonds. The van der Waals surface area contributed by atoms with Gasteiger partial charge in [0.25, 0.3) is 15.6 Å². The molecule has 2 rings (SSSR count). The number of aryl methyl sites for hydroxylation is 1. The number of hydrogen-bond donors (Lipinski definition) is 3. The maximum Gasteiger partial charge on any atom is 0.325 e. The van der Waals surface area contributed by atoms with E-state index < -0.39 is 26.2 Å². The van der Waals surface area contributed by atoms with Crippen LogP contribution in [0.25, 0.3) is 0 Å². The van der Waals surface area contributed by atoms with Crippen LogP contribution in [0.3, 0.4) is 0 Å². The molecule has 2 aromatic heterocycles. The van der Waals surface area contributed by atoms with Gasteiger partial charge in [-0.05, 0) is 6.92 Å². The molecule has 8 nitrogen and oxygen atoms in total. The average Bonchev–Trinajstić information content (AvgIpc) is 2.62. The molecule has 0 aliphatic heterocycles. The van der Waals surface area contributed by atoms with Crippen LogP contribution in [0.5, 0.6) is 0 Å². The van der Waals surface area contributed by atoms with E-state index in [9.17, 15) is 18.0 Å². The van der Waals surface area contributed by atoms with Crippen molar-refractivity contribution < 1.29 is 8.42 Å². The molecule has 0 atom stereocenters. The maximum absolute atomic E-state index is 11.9. The molecule has 0 bridgehead atoms. The first kappa shape index (κ1) is 12.5. The van der Waals surface area contributed by atoms with Gasteiger partial charge in [0, 0.05) is 11.6 Å². The molecular weight excluding hydrogens is 280 g/mol. The molecule has 2 heterocycles. The summed E-state index contributed by atoms with van der Waals surface area (Å²) in [6.45, 7) is 1.71. The molecule has 0 unspecified atom stereocenters. The number of aromatic nitrogens is 3. The predicted molar refractivity (Wildman–Crippen MR) is 65.3 cm³/mol.